The van der Waals surface area contributed by atoms with Crippen LogP contribution in [0.25, 0.3) is 0 Å². The number of likely N-dealkylation sites (tertiary alicyclic amines) is 1. The molecule has 2 atom stereocenters. The first-order chi connectivity index (χ1) is 12.9. The number of amides is 1. The molecule has 2 unspecified atom stereocenters. The summed E-state index contributed by atoms with van der Waals surface area (Å²) < 4.78 is 5.82. The second kappa shape index (κ2) is 9.60. The van der Waals surface area contributed by atoms with Gasteiger partial charge in [0.25, 0.3) is 0 Å². The highest BCUT2D eigenvalue weighted by atomic mass is 35.5. The first kappa shape index (κ1) is 20.9. The first-order valence-corrected chi connectivity index (χ1v) is 10.8. The van der Waals surface area contributed by atoms with Crippen molar-refractivity contribution >= 4 is 29.1 Å². The van der Waals surface area contributed by atoms with E-state index in [0.29, 0.717) is 41.0 Å². The lowest BCUT2D eigenvalue weighted by atomic mass is 9.95. The van der Waals surface area contributed by atoms with E-state index in [-0.39, 0.29) is 5.91 Å². The number of carbonyl (C=O) groups excluding carboxylic acids is 1. The third-order valence-corrected chi connectivity index (χ3v) is 6.19. The van der Waals surface area contributed by atoms with E-state index in [1.165, 1.54) is 0 Å². The Kier molecular flexibility index (Phi) is 7.43. The minimum atomic E-state index is 0.230. The summed E-state index contributed by atoms with van der Waals surface area (Å²) in [6.07, 6.45) is 3.98. The lowest BCUT2D eigenvalue weighted by molar-refractivity contribution is -0.132. The van der Waals surface area contributed by atoms with Gasteiger partial charge in [-0.2, -0.15) is 0 Å². The number of morpholine rings is 1. The number of carbonyl (C=O) groups is 1. The summed E-state index contributed by atoms with van der Waals surface area (Å²) in [6.45, 7) is 9.20. The molecule has 0 N–H and O–H groups in total. The molecular formula is C21H30Cl2N2O2. The standard InChI is InChI=1S/C21H30Cl2N2O2/c1-15-12-24(13-16(2)27-15)14-17-7-9-25(10-8-17)21(26)6-4-18-3-5-19(22)11-20(18)23/h3,5,11,15-17H,4,6-10,12-14H2,1-2H3. The number of hydrogen-bond acceptors (Lipinski definition) is 3. The Labute approximate surface area is 172 Å². The summed E-state index contributed by atoms with van der Waals surface area (Å²) >= 11 is 12.1. The van der Waals surface area contributed by atoms with Gasteiger partial charge >= 0.3 is 0 Å². The van der Waals surface area contributed by atoms with Gasteiger partial charge in [0.1, 0.15) is 0 Å². The zero-order valence-corrected chi connectivity index (χ0v) is 17.8. The van der Waals surface area contributed by atoms with Crippen molar-refractivity contribution in [3.8, 4) is 0 Å². The molecule has 1 aromatic carbocycles. The fourth-order valence-electron chi connectivity index (χ4n) is 4.29. The first-order valence-electron chi connectivity index (χ1n) is 10.00. The smallest absolute Gasteiger partial charge is 0.222 e. The zero-order valence-electron chi connectivity index (χ0n) is 16.3. The molecule has 0 aromatic heterocycles. The summed E-state index contributed by atoms with van der Waals surface area (Å²) in [5, 5.41) is 1.27. The number of ether oxygens (including phenoxy) is 1. The van der Waals surface area contributed by atoms with Crippen LogP contribution in [0, 0.1) is 5.92 Å². The number of piperidine rings is 1. The van der Waals surface area contributed by atoms with Crippen molar-refractivity contribution in [3.63, 3.8) is 0 Å². The molecule has 3 rings (SSSR count). The van der Waals surface area contributed by atoms with Crippen LogP contribution in [0.3, 0.4) is 0 Å². The highest BCUT2D eigenvalue weighted by molar-refractivity contribution is 6.35. The van der Waals surface area contributed by atoms with Gasteiger partial charge < -0.3 is 9.64 Å². The van der Waals surface area contributed by atoms with Crippen LogP contribution in [0.1, 0.15) is 38.7 Å². The van der Waals surface area contributed by atoms with Gasteiger partial charge in [-0.05, 0) is 56.7 Å². The molecule has 0 aliphatic carbocycles. The number of halogens is 2. The molecule has 0 radical (unpaired) electrons. The van der Waals surface area contributed by atoms with Crippen molar-refractivity contribution in [1.29, 1.82) is 0 Å². The van der Waals surface area contributed by atoms with E-state index < -0.39 is 0 Å². The van der Waals surface area contributed by atoms with Gasteiger partial charge in [0.2, 0.25) is 5.91 Å². The minimum Gasteiger partial charge on any atom is -0.373 e. The van der Waals surface area contributed by atoms with Crippen LogP contribution in [0.15, 0.2) is 18.2 Å². The fourth-order valence-corrected chi connectivity index (χ4v) is 4.79. The molecule has 2 saturated heterocycles. The highest BCUT2D eigenvalue weighted by Crippen LogP contribution is 2.24. The Morgan fingerprint density at radius 2 is 1.81 bits per heavy atom. The molecular weight excluding hydrogens is 383 g/mol. The maximum atomic E-state index is 12.6. The van der Waals surface area contributed by atoms with Gasteiger partial charge in [-0.3, -0.25) is 9.69 Å². The fraction of sp³-hybridized carbons (Fsp3) is 0.667. The van der Waals surface area contributed by atoms with Crippen molar-refractivity contribution < 1.29 is 9.53 Å². The summed E-state index contributed by atoms with van der Waals surface area (Å²) in [5.74, 6) is 0.908. The average molecular weight is 413 g/mol. The number of hydrogen-bond donors (Lipinski definition) is 0. The van der Waals surface area contributed by atoms with Crippen molar-refractivity contribution in [1.82, 2.24) is 9.80 Å². The monoisotopic (exact) mass is 412 g/mol. The van der Waals surface area contributed by atoms with E-state index in [1.54, 1.807) is 6.07 Å². The molecule has 2 aliphatic heterocycles. The van der Waals surface area contributed by atoms with Gasteiger partial charge in [0.15, 0.2) is 0 Å². The molecule has 1 amide bonds. The van der Waals surface area contributed by atoms with E-state index in [1.807, 2.05) is 17.0 Å². The second-order valence-corrected chi connectivity index (χ2v) is 8.88. The van der Waals surface area contributed by atoms with Crippen LogP contribution in [0.4, 0.5) is 0 Å². The Balaban J connectivity index is 1.41. The molecule has 1 aromatic rings. The topological polar surface area (TPSA) is 32.8 Å². The van der Waals surface area contributed by atoms with Gasteiger partial charge in [-0.25, -0.2) is 0 Å². The molecule has 6 heteroatoms. The summed E-state index contributed by atoms with van der Waals surface area (Å²) in [6, 6.07) is 5.47. The van der Waals surface area contributed by atoms with Crippen LogP contribution in [0.5, 0.6) is 0 Å². The molecule has 0 bridgehead atoms. The third-order valence-electron chi connectivity index (χ3n) is 5.60. The van der Waals surface area contributed by atoms with Crippen molar-refractivity contribution in [2.24, 2.45) is 5.92 Å². The highest BCUT2D eigenvalue weighted by Gasteiger charge is 2.27. The summed E-state index contributed by atoms with van der Waals surface area (Å²) in [7, 11) is 0. The molecule has 150 valence electrons. The lowest BCUT2D eigenvalue weighted by Crippen LogP contribution is -2.48. The van der Waals surface area contributed by atoms with Crippen molar-refractivity contribution in [2.75, 3.05) is 32.7 Å². The Morgan fingerprint density at radius 1 is 1.15 bits per heavy atom. The maximum Gasteiger partial charge on any atom is 0.222 e. The largest absolute Gasteiger partial charge is 0.373 e. The molecule has 0 saturated carbocycles. The normalized spacial score (nSPS) is 25.0. The Hall–Kier alpha value is -0.810. The van der Waals surface area contributed by atoms with Crippen LogP contribution in [0.2, 0.25) is 10.0 Å². The molecule has 2 fully saturated rings. The SMILES string of the molecule is CC1CN(CC2CCN(C(=O)CCc3ccc(Cl)cc3Cl)CC2)CC(C)O1. The number of nitrogens with zero attached hydrogens (tertiary/aromatic N) is 2. The van der Waals surface area contributed by atoms with Gasteiger partial charge in [0.05, 0.1) is 12.2 Å². The average Bonchev–Trinajstić information content (AvgIpc) is 2.60. The number of rotatable bonds is 5. The van der Waals surface area contributed by atoms with Gasteiger partial charge in [-0.15, -0.1) is 0 Å². The Morgan fingerprint density at radius 3 is 2.44 bits per heavy atom. The van der Waals surface area contributed by atoms with Crippen LogP contribution < -0.4 is 0 Å². The van der Waals surface area contributed by atoms with Crippen molar-refractivity contribution in [2.45, 2.75) is 51.7 Å². The molecule has 2 aliphatic rings. The zero-order chi connectivity index (χ0) is 19.4. The number of benzene rings is 1. The molecule has 0 spiro atoms. The van der Waals surface area contributed by atoms with Crippen LogP contribution >= 0.6 is 23.2 Å². The van der Waals surface area contributed by atoms with E-state index in [4.69, 9.17) is 27.9 Å². The minimum absolute atomic E-state index is 0.230. The second-order valence-electron chi connectivity index (χ2n) is 8.04. The van der Waals surface area contributed by atoms with E-state index >= 15 is 0 Å². The molecule has 4 nitrogen and oxygen atoms in total. The van der Waals surface area contributed by atoms with E-state index in [0.717, 1.165) is 51.1 Å². The molecule has 2 heterocycles. The van der Waals surface area contributed by atoms with E-state index in [2.05, 4.69) is 18.7 Å². The quantitative estimate of drug-likeness (QED) is 0.723. The lowest BCUT2D eigenvalue weighted by Gasteiger charge is -2.39. The van der Waals surface area contributed by atoms with Crippen LogP contribution in [-0.2, 0) is 16.0 Å². The third kappa shape index (κ3) is 6.08. The summed E-state index contributed by atoms with van der Waals surface area (Å²) in [5.41, 5.74) is 0.986. The number of aryl methyl sites for hydroxylation is 1. The van der Waals surface area contributed by atoms with E-state index in [9.17, 15) is 4.79 Å². The maximum absolute atomic E-state index is 12.6. The predicted molar refractivity (Wildman–Crippen MR) is 111 cm³/mol. The Bertz CT molecular complexity index is 637. The van der Waals surface area contributed by atoms with Crippen molar-refractivity contribution in [3.05, 3.63) is 33.8 Å². The molecule has 27 heavy (non-hydrogen) atoms. The summed E-state index contributed by atoms with van der Waals surface area (Å²) in [4.78, 5) is 17.1. The van der Waals surface area contributed by atoms with Gasteiger partial charge in [0, 0.05) is 49.2 Å². The van der Waals surface area contributed by atoms with Gasteiger partial charge in [-0.1, -0.05) is 29.3 Å². The van der Waals surface area contributed by atoms with Crippen LogP contribution in [-0.4, -0.2) is 60.6 Å². The predicted octanol–water partition coefficient (Wildman–Crippen LogP) is 4.27.